The summed E-state index contributed by atoms with van der Waals surface area (Å²) in [4.78, 5) is 0. The SMILES string of the molecule is C=CS(=O)(=O)N(Cc1ccccc1)Cc1ccccc1.O=S(=O)(Cl)CCCl.c1ccc(CNCc2ccccc2)cc1. The monoisotopic (exact) mass is 646 g/mol. The van der Waals surface area contributed by atoms with E-state index in [1.54, 1.807) is 0 Å². The zero-order valence-electron chi connectivity index (χ0n) is 23.2. The van der Waals surface area contributed by atoms with Crippen LogP contribution in [-0.2, 0) is 45.3 Å². The van der Waals surface area contributed by atoms with E-state index in [-0.39, 0.29) is 11.6 Å². The molecule has 42 heavy (non-hydrogen) atoms. The molecule has 224 valence electrons. The molecular weight excluding hydrogens is 611 g/mol. The van der Waals surface area contributed by atoms with Gasteiger partial charge in [-0.05, 0) is 22.3 Å². The highest BCUT2D eigenvalue weighted by molar-refractivity contribution is 8.13. The van der Waals surface area contributed by atoms with E-state index in [1.807, 2.05) is 72.8 Å². The van der Waals surface area contributed by atoms with Crippen LogP contribution in [0, 0.1) is 0 Å². The Morgan fingerprint density at radius 1 is 0.619 bits per heavy atom. The van der Waals surface area contributed by atoms with Gasteiger partial charge in [-0.1, -0.05) is 128 Å². The van der Waals surface area contributed by atoms with Gasteiger partial charge in [0.05, 0.1) is 5.75 Å². The summed E-state index contributed by atoms with van der Waals surface area (Å²) in [5, 5.41) is 4.42. The summed E-state index contributed by atoms with van der Waals surface area (Å²) in [5.74, 6) is -0.0953. The summed E-state index contributed by atoms with van der Waals surface area (Å²) in [6.45, 7) is 5.93. The Kier molecular flexibility index (Phi) is 16.1. The lowest BCUT2D eigenvalue weighted by Gasteiger charge is -2.20. The average molecular weight is 648 g/mol. The van der Waals surface area contributed by atoms with Crippen molar-refractivity contribution in [1.29, 1.82) is 0 Å². The van der Waals surface area contributed by atoms with Gasteiger partial charge in [-0.25, -0.2) is 16.8 Å². The number of hydrogen-bond acceptors (Lipinski definition) is 5. The molecule has 0 fully saturated rings. The fraction of sp³-hybridized carbons (Fsp3) is 0.188. The summed E-state index contributed by atoms with van der Waals surface area (Å²) < 4.78 is 45.5. The number of sulfonamides is 1. The Morgan fingerprint density at radius 3 is 1.21 bits per heavy atom. The van der Waals surface area contributed by atoms with Crippen molar-refractivity contribution < 1.29 is 16.8 Å². The third-order valence-corrected chi connectivity index (χ3v) is 8.61. The highest BCUT2D eigenvalue weighted by Crippen LogP contribution is 2.15. The van der Waals surface area contributed by atoms with Crippen molar-refractivity contribution in [2.45, 2.75) is 26.2 Å². The van der Waals surface area contributed by atoms with Gasteiger partial charge in [-0.3, -0.25) is 0 Å². The first-order chi connectivity index (χ1) is 20.1. The van der Waals surface area contributed by atoms with Crippen LogP contribution in [0.25, 0.3) is 0 Å². The molecule has 0 saturated carbocycles. The van der Waals surface area contributed by atoms with Crippen molar-refractivity contribution in [3.05, 3.63) is 156 Å². The number of benzene rings is 4. The van der Waals surface area contributed by atoms with Gasteiger partial charge in [-0.2, -0.15) is 4.31 Å². The van der Waals surface area contributed by atoms with Crippen molar-refractivity contribution in [3.63, 3.8) is 0 Å². The van der Waals surface area contributed by atoms with Gasteiger partial charge in [0.2, 0.25) is 19.1 Å². The second-order valence-electron chi connectivity index (χ2n) is 8.96. The summed E-state index contributed by atoms with van der Waals surface area (Å²) in [6, 6.07) is 40.0. The van der Waals surface area contributed by atoms with Crippen LogP contribution in [0.1, 0.15) is 22.3 Å². The number of rotatable bonds is 12. The zero-order valence-corrected chi connectivity index (χ0v) is 26.4. The molecule has 4 rings (SSSR count). The van der Waals surface area contributed by atoms with E-state index < -0.39 is 19.1 Å². The van der Waals surface area contributed by atoms with Gasteiger partial charge < -0.3 is 5.32 Å². The Hall–Kier alpha value is -2.98. The van der Waals surface area contributed by atoms with Crippen LogP contribution < -0.4 is 5.32 Å². The predicted octanol–water partition coefficient (Wildman–Crippen LogP) is 6.93. The van der Waals surface area contributed by atoms with Crippen molar-refractivity contribution in [1.82, 2.24) is 9.62 Å². The molecule has 0 atom stereocenters. The molecule has 1 N–H and O–H groups in total. The molecule has 0 amide bonds. The minimum Gasteiger partial charge on any atom is -0.309 e. The van der Waals surface area contributed by atoms with Gasteiger partial charge >= 0.3 is 0 Å². The van der Waals surface area contributed by atoms with Crippen LogP contribution in [0.15, 0.2) is 133 Å². The summed E-state index contributed by atoms with van der Waals surface area (Å²) in [7, 11) is -2.07. The van der Waals surface area contributed by atoms with Crippen LogP contribution in [0.2, 0.25) is 0 Å². The molecular formula is C32H36Cl2N2O4S2. The van der Waals surface area contributed by atoms with E-state index in [9.17, 15) is 16.8 Å². The van der Waals surface area contributed by atoms with E-state index >= 15 is 0 Å². The zero-order chi connectivity index (χ0) is 30.7. The number of halogens is 2. The third kappa shape index (κ3) is 15.3. The van der Waals surface area contributed by atoms with E-state index in [0.717, 1.165) is 29.6 Å². The minimum atomic E-state index is -3.46. The molecule has 0 radical (unpaired) electrons. The van der Waals surface area contributed by atoms with Gasteiger partial charge in [-0.15, -0.1) is 11.6 Å². The molecule has 4 aromatic carbocycles. The molecule has 0 aliphatic heterocycles. The lowest BCUT2D eigenvalue weighted by atomic mass is 10.2. The number of nitrogens with one attached hydrogen (secondary N) is 1. The van der Waals surface area contributed by atoms with Gasteiger partial charge in [0.25, 0.3) is 0 Å². The summed E-state index contributed by atoms with van der Waals surface area (Å²) in [5.41, 5.74) is 4.56. The highest BCUT2D eigenvalue weighted by atomic mass is 35.7. The smallest absolute Gasteiger partial charge is 0.236 e. The minimum absolute atomic E-state index is 0.0613. The maximum atomic E-state index is 12.1. The molecule has 4 aromatic rings. The largest absolute Gasteiger partial charge is 0.309 e. The van der Waals surface area contributed by atoms with E-state index in [0.29, 0.717) is 13.1 Å². The molecule has 0 spiro atoms. The molecule has 0 aromatic heterocycles. The molecule has 0 aliphatic carbocycles. The quantitative estimate of drug-likeness (QED) is 0.133. The molecule has 0 saturated heterocycles. The third-order valence-electron chi connectivity index (χ3n) is 5.64. The Bertz CT molecular complexity index is 1430. The number of alkyl halides is 1. The maximum Gasteiger partial charge on any atom is 0.236 e. The fourth-order valence-electron chi connectivity index (χ4n) is 3.55. The topological polar surface area (TPSA) is 83.6 Å². The first-order valence-corrected chi connectivity index (χ1v) is 17.6. The van der Waals surface area contributed by atoms with Gasteiger partial charge in [0.15, 0.2) is 0 Å². The predicted molar refractivity (Wildman–Crippen MR) is 175 cm³/mol. The number of nitrogens with zero attached hydrogens (tertiary/aromatic N) is 1. The van der Waals surface area contributed by atoms with Crippen molar-refractivity contribution in [2.75, 3.05) is 11.6 Å². The molecule has 0 aliphatic rings. The first kappa shape index (κ1) is 35.2. The molecule has 6 nitrogen and oxygen atoms in total. The first-order valence-electron chi connectivity index (χ1n) is 13.1. The van der Waals surface area contributed by atoms with Crippen LogP contribution in [0.4, 0.5) is 0 Å². The fourth-order valence-corrected chi connectivity index (χ4v) is 5.68. The summed E-state index contributed by atoms with van der Waals surface area (Å²) >= 11 is 5.02. The standard InChI is InChI=1S/C16H17NO2S.C14H15N.C2H4Cl2O2S/c1-2-20(18,19)17(13-15-9-5-3-6-10-15)14-16-11-7-4-8-12-16;1-3-7-13(8-4-1)11-15-12-14-9-5-2-6-10-14;3-1-2-7(4,5)6/h2-12H,1,13-14H2;1-10,15H,11-12H2;1-2H2. The molecule has 0 bridgehead atoms. The second-order valence-corrected chi connectivity index (χ2v) is 14.1. The van der Waals surface area contributed by atoms with Gasteiger partial charge in [0, 0.05) is 48.1 Å². The lowest BCUT2D eigenvalue weighted by molar-refractivity contribution is 0.407. The van der Waals surface area contributed by atoms with Crippen molar-refractivity contribution >= 4 is 41.4 Å². The highest BCUT2D eigenvalue weighted by Gasteiger charge is 2.19. The molecule has 0 unspecified atom stereocenters. The Labute approximate surface area is 260 Å². The van der Waals surface area contributed by atoms with Crippen LogP contribution in [0.5, 0.6) is 0 Å². The maximum absolute atomic E-state index is 12.1. The summed E-state index contributed by atoms with van der Waals surface area (Å²) in [6.07, 6.45) is 0. The molecule has 0 heterocycles. The van der Waals surface area contributed by atoms with Crippen LogP contribution in [0.3, 0.4) is 0 Å². The number of hydrogen-bond donors (Lipinski definition) is 1. The van der Waals surface area contributed by atoms with Crippen molar-refractivity contribution in [3.8, 4) is 0 Å². The van der Waals surface area contributed by atoms with Gasteiger partial charge in [0.1, 0.15) is 0 Å². The normalized spacial score (nSPS) is 11.0. The Balaban J connectivity index is 0.000000246. The lowest BCUT2D eigenvalue weighted by Crippen LogP contribution is -2.28. The molecule has 10 heteroatoms. The second kappa shape index (κ2) is 19.3. The van der Waals surface area contributed by atoms with Crippen molar-refractivity contribution in [2.24, 2.45) is 0 Å². The Morgan fingerprint density at radius 2 is 0.952 bits per heavy atom. The van der Waals surface area contributed by atoms with E-state index in [4.69, 9.17) is 22.3 Å². The van der Waals surface area contributed by atoms with Crippen LogP contribution >= 0.6 is 22.3 Å². The van der Waals surface area contributed by atoms with Crippen LogP contribution in [-0.4, -0.2) is 32.8 Å². The van der Waals surface area contributed by atoms with E-state index in [1.165, 1.54) is 15.4 Å². The average Bonchev–Trinajstić information content (AvgIpc) is 2.99. The van der Waals surface area contributed by atoms with E-state index in [2.05, 4.69) is 60.4 Å².